The Morgan fingerprint density at radius 1 is 1.40 bits per heavy atom. The number of nitrogens with one attached hydrogen (secondary N) is 2. The summed E-state index contributed by atoms with van der Waals surface area (Å²) in [7, 11) is 0. The number of aryl methyl sites for hydroxylation is 2. The summed E-state index contributed by atoms with van der Waals surface area (Å²) in [6.45, 7) is 2.68. The summed E-state index contributed by atoms with van der Waals surface area (Å²) < 4.78 is 0. The predicted molar refractivity (Wildman–Crippen MR) is 82.2 cm³/mol. The number of aromatic nitrogens is 2. The van der Waals surface area contributed by atoms with Gasteiger partial charge >= 0.3 is 0 Å². The topological polar surface area (TPSA) is 57.8 Å². The quantitative estimate of drug-likeness (QED) is 0.635. The first kappa shape index (κ1) is 14.7. The number of hydrogen-bond donors (Lipinski definition) is 2. The molecule has 0 aliphatic rings. The van der Waals surface area contributed by atoms with Crippen molar-refractivity contribution in [2.45, 2.75) is 24.7 Å². The van der Waals surface area contributed by atoms with Crippen molar-refractivity contribution in [3.8, 4) is 0 Å². The molecule has 106 valence electrons. The number of amides is 1. The van der Waals surface area contributed by atoms with Crippen molar-refractivity contribution in [2.75, 3.05) is 12.8 Å². The number of rotatable bonds is 6. The monoisotopic (exact) mass is 289 g/mol. The molecule has 2 N–H and O–H groups in total. The molecule has 0 unspecified atom stereocenters. The van der Waals surface area contributed by atoms with Gasteiger partial charge in [-0.1, -0.05) is 12.1 Å². The van der Waals surface area contributed by atoms with E-state index in [4.69, 9.17) is 0 Å². The number of hydrogen-bond acceptors (Lipinski definition) is 3. The van der Waals surface area contributed by atoms with Crippen LogP contribution in [0.5, 0.6) is 0 Å². The molecule has 2 rings (SSSR count). The van der Waals surface area contributed by atoms with Gasteiger partial charge in [0.15, 0.2) is 0 Å². The third-order valence-electron chi connectivity index (χ3n) is 3.19. The normalized spacial score (nSPS) is 10.5. The van der Waals surface area contributed by atoms with Crippen molar-refractivity contribution in [3.63, 3.8) is 0 Å². The highest BCUT2D eigenvalue weighted by molar-refractivity contribution is 7.98. The minimum Gasteiger partial charge on any atom is -0.352 e. The van der Waals surface area contributed by atoms with Crippen molar-refractivity contribution >= 4 is 17.7 Å². The molecule has 0 radical (unpaired) electrons. The molecule has 1 aromatic carbocycles. The van der Waals surface area contributed by atoms with E-state index in [1.165, 1.54) is 5.56 Å². The van der Waals surface area contributed by atoms with E-state index in [-0.39, 0.29) is 5.91 Å². The zero-order valence-corrected chi connectivity index (χ0v) is 12.6. The van der Waals surface area contributed by atoms with Crippen LogP contribution in [0, 0.1) is 6.92 Å². The lowest BCUT2D eigenvalue weighted by Crippen LogP contribution is -2.25. The molecule has 0 aliphatic carbocycles. The van der Waals surface area contributed by atoms with E-state index >= 15 is 0 Å². The Kier molecular flexibility index (Phi) is 5.24. The average Bonchev–Trinajstić information content (AvgIpc) is 2.88. The van der Waals surface area contributed by atoms with E-state index in [2.05, 4.69) is 15.5 Å². The van der Waals surface area contributed by atoms with Gasteiger partial charge in [-0.25, -0.2) is 0 Å². The molecule has 5 heteroatoms. The molecular weight excluding hydrogens is 270 g/mol. The second kappa shape index (κ2) is 7.14. The van der Waals surface area contributed by atoms with Crippen LogP contribution in [-0.4, -0.2) is 28.9 Å². The Labute approximate surface area is 123 Å². The predicted octanol–water partition coefficient (Wildman–Crippen LogP) is 2.80. The van der Waals surface area contributed by atoms with Crippen LogP contribution >= 0.6 is 11.8 Å². The van der Waals surface area contributed by atoms with Crippen LogP contribution in [0.4, 0.5) is 0 Å². The first-order chi connectivity index (χ1) is 9.72. The molecule has 2 aromatic rings. The largest absolute Gasteiger partial charge is 0.352 e. The highest BCUT2D eigenvalue weighted by atomic mass is 32.2. The number of aromatic amines is 1. The Morgan fingerprint density at radius 2 is 2.20 bits per heavy atom. The second-order valence-electron chi connectivity index (χ2n) is 4.58. The SMILES string of the molecule is CSc1ccccc1C(=O)NCCCc1cn[nH]c1C. The molecule has 0 saturated carbocycles. The summed E-state index contributed by atoms with van der Waals surface area (Å²) in [5, 5.41) is 9.88. The van der Waals surface area contributed by atoms with Crippen molar-refractivity contribution in [1.29, 1.82) is 0 Å². The molecule has 1 amide bonds. The van der Waals surface area contributed by atoms with Gasteiger partial charge in [-0.2, -0.15) is 5.10 Å². The third kappa shape index (κ3) is 3.63. The van der Waals surface area contributed by atoms with E-state index < -0.39 is 0 Å². The number of H-pyrrole nitrogens is 1. The molecule has 0 aliphatic heterocycles. The van der Waals surface area contributed by atoms with E-state index in [1.807, 2.05) is 43.6 Å². The fraction of sp³-hybridized carbons (Fsp3) is 0.333. The molecule has 0 atom stereocenters. The van der Waals surface area contributed by atoms with Gasteiger partial charge in [-0.05, 0) is 43.7 Å². The molecule has 0 spiro atoms. The van der Waals surface area contributed by atoms with Gasteiger partial charge in [-0.15, -0.1) is 11.8 Å². The maximum absolute atomic E-state index is 12.1. The average molecular weight is 289 g/mol. The van der Waals surface area contributed by atoms with Gasteiger partial charge in [0.05, 0.1) is 11.8 Å². The molecule has 0 saturated heterocycles. The van der Waals surface area contributed by atoms with Gasteiger partial charge in [0.2, 0.25) is 0 Å². The van der Waals surface area contributed by atoms with Gasteiger partial charge in [0, 0.05) is 17.1 Å². The summed E-state index contributed by atoms with van der Waals surface area (Å²) in [5.74, 6) is -0.00105. The van der Waals surface area contributed by atoms with Crippen LogP contribution in [0.15, 0.2) is 35.4 Å². The maximum Gasteiger partial charge on any atom is 0.252 e. The zero-order valence-electron chi connectivity index (χ0n) is 11.8. The Morgan fingerprint density at radius 3 is 2.90 bits per heavy atom. The highest BCUT2D eigenvalue weighted by Gasteiger charge is 2.09. The smallest absolute Gasteiger partial charge is 0.252 e. The van der Waals surface area contributed by atoms with Gasteiger partial charge < -0.3 is 5.32 Å². The lowest BCUT2D eigenvalue weighted by molar-refractivity contribution is 0.0950. The number of carbonyl (C=O) groups is 1. The van der Waals surface area contributed by atoms with Gasteiger partial charge in [-0.3, -0.25) is 9.89 Å². The van der Waals surface area contributed by atoms with Crippen molar-refractivity contribution in [2.24, 2.45) is 0 Å². The second-order valence-corrected chi connectivity index (χ2v) is 5.43. The molecule has 20 heavy (non-hydrogen) atoms. The van der Waals surface area contributed by atoms with Gasteiger partial charge in [0.1, 0.15) is 0 Å². The fourth-order valence-electron chi connectivity index (χ4n) is 2.04. The summed E-state index contributed by atoms with van der Waals surface area (Å²) in [4.78, 5) is 13.1. The number of benzene rings is 1. The molecule has 1 heterocycles. The van der Waals surface area contributed by atoms with Crippen LogP contribution in [0.25, 0.3) is 0 Å². The van der Waals surface area contributed by atoms with Crippen LogP contribution in [-0.2, 0) is 6.42 Å². The van der Waals surface area contributed by atoms with Crippen LogP contribution in [0.3, 0.4) is 0 Å². The van der Waals surface area contributed by atoms with Crippen LogP contribution in [0.1, 0.15) is 28.0 Å². The van der Waals surface area contributed by atoms with E-state index in [1.54, 1.807) is 11.8 Å². The maximum atomic E-state index is 12.1. The lowest BCUT2D eigenvalue weighted by Gasteiger charge is -2.08. The van der Waals surface area contributed by atoms with Crippen LogP contribution in [0.2, 0.25) is 0 Å². The first-order valence-electron chi connectivity index (χ1n) is 6.62. The molecule has 4 nitrogen and oxygen atoms in total. The molecule has 0 fully saturated rings. The number of thioether (sulfide) groups is 1. The summed E-state index contributed by atoms with van der Waals surface area (Å²) in [5.41, 5.74) is 3.06. The summed E-state index contributed by atoms with van der Waals surface area (Å²) >= 11 is 1.59. The number of carbonyl (C=O) groups excluding carboxylic acids is 1. The minimum atomic E-state index is -0.00105. The molecule has 1 aromatic heterocycles. The number of nitrogens with zero attached hydrogens (tertiary/aromatic N) is 1. The van der Waals surface area contributed by atoms with Crippen LogP contribution < -0.4 is 5.32 Å². The third-order valence-corrected chi connectivity index (χ3v) is 3.99. The zero-order chi connectivity index (χ0) is 14.4. The van der Waals surface area contributed by atoms with E-state index in [9.17, 15) is 4.79 Å². The lowest BCUT2D eigenvalue weighted by atomic mass is 10.1. The minimum absolute atomic E-state index is 0.00105. The fourth-order valence-corrected chi connectivity index (χ4v) is 2.63. The summed E-state index contributed by atoms with van der Waals surface area (Å²) in [6.07, 6.45) is 5.66. The molecule has 0 bridgehead atoms. The van der Waals surface area contributed by atoms with Crippen molar-refractivity contribution in [3.05, 3.63) is 47.3 Å². The Bertz CT molecular complexity index is 580. The van der Waals surface area contributed by atoms with E-state index in [0.29, 0.717) is 6.54 Å². The summed E-state index contributed by atoms with van der Waals surface area (Å²) in [6, 6.07) is 7.67. The Hall–Kier alpha value is -1.75. The van der Waals surface area contributed by atoms with E-state index in [0.717, 1.165) is 29.0 Å². The first-order valence-corrected chi connectivity index (χ1v) is 7.85. The van der Waals surface area contributed by atoms with Gasteiger partial charge in [0.25, 0.3) is 5.91 Å². The Balaban J connectivity index is 1.82. The van der Waals surface area contributed by atoms with Crippen molar-refractivity contribution < 1.29 is 4.79 Å². The van der Waals surface area contributed by atoms with Crippen molar-refractivity contribution in [1.82, 2.24) is 15.5 Å². The highest BCUT2D eigenvalue weighted by Crippen LogP contribution is 2.19. The molecular formula is C15H19N3OS. The standard InChI is InChI=1S/C15H19N3OS/c1-11-12(10-17-18-11)6-5-9-16-15(19)13-7-3-4-8-14(13)20-2/h3-4,7-8,10H,5-6,9H2,1-2H3,(H,16,19)(H,17,18).